The summed E-state index contributed by atoms with van der Waals surface area (Å²) in [6.07, 6.45) is 3.29. The van der Waals surface area contributed by atoms with Crippen LogP contribution in [0.5, 0.6) is 11.5 Å². The van der Waals surface area contributed by atoms with Gasteiger partial charge in [0.1, 0.15) is 11.5 Å². The van der Waals surface area contributed by atoms with E-state index in [9.17, 15) is 0 Å². The highest BCUT2D eigenvalue weighted by Crippen LogP contribution is 2.46. The summed E-state index contributed by atoms with van der Waals surface area (Å²) < 4.78 is 17.2. The van der Waals surface area contributed by atoms with Crippen molar-refractivity contribution in [2.75, 3.05) is 21.0 Å². The van der Waals surface area contributed by atoms with Crippen LogP contribution < -0.4 is 9.47 Å². The molecule has 3 heteroatoms. The first-order valence-corrected chi connectivity index (χ1v) is 11.5. The molecule has 33 heavy (non-hydrogen) atoms. The molecule has 172 valence electrons. The van der Waals surface area contributed by atoms with Crippen LogP contribution in [-0.4, -0.2) is 21.0 Å². The van der Waals surface area contributed by atoms with E-state index in [4.69, 9.17) is 14.2 Å². The Morgan fingerprint density at radius 2 is 1.55 bits per heavy atom. The number of allylic oxidation sites excluding steroid dienone is 1. The van der Waals surface area contributed by atoms with Crippen molar-refractivity contribution in [2.45, 2.75) is 46.5 Å². The molecule has 0 unspecified atom stereocenters. The Balaban J connectivity index is 1.93. The average molecular weight is 443 g/mol. The number of ether oxygens (including phenoxy) is 3. The summed E-state index contributed by atoms with van der Waals surface area (Å²) in [5.41, 5.74) is 11.1. The summed E-state index contributed by atoms with van der Waals surface area (Å²) in [7, 11) is 3.37. The highest BCUT2D eigenvalue weighted by atomic mass is 16.7. The first-order valence-electron chi connectivity index (χ1n) is 11.5. The Bertz CT molecular complexity index is 1210. The summed E-state index contributed by atoms with van der Waals surface area (Å²) in [4.78, 5) is 0. The van der Waals surface area contributed by atoms with Crippen LogP contribution in [0.15, 0.2) is 48.5 Å². The predicted octanol–water partition coefficient (Wildman–Crippen LogP) is 7.36. The fourth-order valence-electron chi connectivity index (χ4n) is 4.66. The molecule has 3 nitrogen and oxygen atoms in total. The molecule has 0 aromatic heterocycles. The van der Waals surface area contributed by atoms with Gasteiger partial charge in [-0.2, -0.15) is 0 Å². The van der Waals surface area contributed by atoms with Crippen LogP contribution in [-0.2, 0) is 16.6 Å². The number of hydrogen-bond donors (Lipinski definition) is 0. The van der Waals surface area contributed by atoms with Crippen LogP contribution >= 0.6 is 0 Å². The Kier molecular flexibility index (Phi) is 6.36. The Hall–Kier alpha value is -3.04. The lowest BCUT2D eigenvalue weighted by Gasteiger charge is -2.26. The molecule has 1 aliphatic carbocycles. The van der Waals surface area contributed by atoms with Gasteiger partial charge in [-0.15, -0.1) is 0 Å². The average Bonchev–Trinajstić information content (AvgIpc) is 3.26. The molecule has 3 aromatic carbocycles. The summed E-state index contributed by atoms with van der Waals surface area (Å²) >= 11 is 0. The van der Waals surface area contributed by atoms with Gasteiger partial charge in [0.05, 0.1) is 7.11 Å². The lowest BCUT2D eigenvalue weighted by atomic mass is 9.83. The molecule has 0 radical (unpaired) electrons. The molecule has 4 rings (SSSR count). The molecular weight excluding hydrogens is 408 g/mol. The molecule has 0 atom stereocenters. The minimum atomic E-state index is -0.127. The minimum absolute atomic E-state index is 0.127. The molecule has 0 spiro atoms. The van der Waals surface area contributed by atoms with Crippen LogP contribution in [0, 0.1) is 13.8 Å². The zero-order valence-electron chi connectivity index (χ0n) is 20.8. The highest BCUT2D eigenvalue weighted by molar-refractivity contribution is 5.96. The molecular formula is C30H34O3. The lowest BCUT2D eigenvalue weighted by Crippen LogP contribution is -2.15. The number of hydrogen-bond acceptors (Lipinski definition) is 3. The van der Waals surface area contributed by atoms with Gasteiger partial charge in [0, 0.05) is 18.2 Å². The maximum atomic E-state index is 6.22. The van der Waals surface area contributed by atoms with Gasteiger partial charge in [-0.05, 0) is 76.8 Å². The van der Waals surface area contributed by atoms with E-state index in [1.807, 2.05) is 0 Å². The Morgan fingerprint density at radius 1 is 0.848 bits per heavy atom. The zero-order chi connectivity index (χ0) is 23.8. The quantitative estimate of drug-likeness (QED) is 0.373. The minimum Gasteiger partial charge on any atom is -0.497 e. The highest BCUT2D eigenvalue weighted by Gasteiger charge is 2.26. The van der Waals surface area contributed by atoms with Gasteiger partial charge in [-0.3, -0.25) is 0 Å². The van der Waals surface area contributed by atoms with Gasteiger partial charge < -0.3 is 14.2 Å². The van der Waals surface area contributed by atoms with Crippen LogP contribution in [0.3, 0.4) is 0 Å². The Morgan fingerprint density at radius 3 is 2.18 bits per heavy atom. The predicted molar refractivity (Wildman–Crippen MR) is 137 cm³/mol. The maximum absolute atomic E-state index is 6.22. The molecule has 3 aromatic rings. The zero-order valence-corrected chi connectivity index (χ0v) is 20.8. The second-order valence-corrected chi connectivity index (χ2v) is 9.84. The van der Waals surface area contributed by atoms with Crippen LogP contribution in [0.2, 0.25) is 0 Å². The third-order valence-electron chi connectivity index (χ3n) is 6.49. The number of benzene rings is 3. The van der Waals surface area contributed by atoms with Gasteiger partial charge in [0.25, 0.3) is 0 Å². The maximum Gasteiger partial charge on any atom is 0.188 e. The second kappa shape index (κ2) is 9.07. The van der Waals surface area contributed by atoms with E-state index in [1.165, 1.54) is 33.4 Å². The van der Waals surface area contributed by atoms with E-state index >= 15 is 0 Å². The molecule has 0 bridgehead atoms. The van der Waals surface area contributed by atoms with Crippen LogP contribution in [0.4, 0.5) is 0 Å². The molecule has 0 heterocycles. The Labute approximate surface area is 198 Å². The molecule has 0 saturated heterocycles. The molecule has 0 N–H and O–H groups in total. The standard InChI is InChI=1S/C30H34O3/c1-19-12-13-20(2)26-15-21(14-25(19)26)23-10-8-9-11-24(23)27-16-22(32-7)17-28(30(3,4)5)29(27)33-18-31-6/h8-14,16-17H,15,18H2,1-7H3. The van der Waals surface area contributed by atoms with Gasteiger partial charge in [0.15, 0.2) is 6.79 Å². The van der Waals surface area contributed by atoms with E-state index in [2.05, 4.69) is 89.2 Å². The van der Waals surface area contributed by atoms with E-state index in [1.54, 1.807) is 14.2 Å². The third-order valence-corrected chi connectivity index (χ3v) is 6.49. The monoisotopic (exact) mass is 442 g/mol. The smallest absolute Gasteiger partial charge is 0.188 e. The van der Waals surface area contributed by atoms with Gasteiger partial charge in [-0.1, -0.05) is 63.2 Å². The summed E-state index contributed by atoms with van der Waals surface area (Å²) in [5.74, 6) is 1.67. The summed E-state index contributed by atoms with van der Waals surface area (Å²) in [6, 6.07) is 17.2. The largest absolute Gasteiger partial charge is 0.497 e. The molecule has 0 aliphatic heterocycles. The number of methoxy groups -OCH3 is 2. The lowest BCUT2D eigenvalue weighted by molar-refractivity contribution is 0.0502. The fourth-order valence-corrected chi connectivity index (χ4v) is 4.66. The van der Waals surface area contributed by atoms with E-state index in [-0.39, 0.29) is 12.2 Å². The first-order chi connectivity index (χ1) is 15.7. The number of rotatable bonds is 6. The number of fused-ring (bicyclic) bond motifs is 1. The number of aryl methyl sites for hydroxylation is 2. The van der Waals surface area contributed by atoms with Gasteiger partial charge in [-0.25, -0.2) is 0 Å². The van der Waals surface area contributed by atoms with Gasteiger partial charge in [0.2, 0.25) is 0 Å². The topological polar surface area (TPSA) is 27.7 Å². The van der Waals surface area contributed by atoms with Gasteiger partial charge >= 0.3 is 0 Å². The van der Waals surface area contributed by atoms with Crippen molar-refractivity contribution in [3.63, 3.8) is 0 Å². The second-order valence-electron chi connectivity index (χ2n) is 9.84. The van der Waals surface area contributed by atoms with Crippen molar-refractivity contribution in [1.29, 1.82) is 0 Å². The van der Waals surface area contributed by atoms with Crippen molar-refractivity contribution in [3.05, 3.63) is 81.9 Å². The third kappa shape index (κ3) is 4.43. The molecule has 1 aliphatic rings. The van der Waals surface area contributed by atoms with Crippen LogP contribution in [0.25, 0.3) is 22.8 Å². The summed E-state index contributed by atoms with van der Waals surface area (Å²) in [5, 5.41) is 0. The normalized spacial score (nSPS) is 13.0. The van der Waals surface area contributed by atoms with Crippen molar-refractivity contribution in [2.24, 2.45) is 0 Å². The molecule has 0 amide bonds. The summed E-state index contributed by atoms with van der Waals surface area (Å²) in [6.45, 7) is 11.2. The van der Waals surface area contributed by atoms with Crippen molar-refractivity contribution < 1.29 is 14.2 Å². The van der Waals surface area contributed by atoms with E-state index < -0.39 is 0 Å². The molecule has 0 saturated carbocycles. The molecule has 0 fully saturated rings. The van der Waals surface area contributed by atoms with Crippen LogP contribution in [0.1, 0.15) is 54.2 Å². The van der Waals surface area contributed by atoms with Crippen molar-refractivity contribution >= 4 is 11.6 Å². The SMILES string of the molecule is COCOc1c(-c2ccccc2C2=Cc3c(C)ccc(C)c3C2)cc(OC)cc1C(C)(C)C. The van der Waals surface area contributed by atoms with E-state index in [0.717, 1.165) is 34.6 Å². The first kappa shape index (κ1) is 23.1. The van der Waals surface area contributed by atoms with E-state index in [0.29, 0.717) is 0 Å². The van der Waals surface area contributed by atoms with Crippen molar-refractivity contribution in [3.8, 4) is 22.6 Å². The van der Waals surface area contributed by atoms with Crippen molar-refractivity contribution in [1.82, 2.24) is 0 Å². The fraction of sp³-hybridized carbons (Fsp3) is 0.333.